The normalized spacial score (nSPS) is 21.6. The summed E-state index contributed by atoms with van der Waals surface area (Å²) in [6, 6.07) is -0.374. The second-order valence-electron chi connectivity index (χ2n) is 5.05. The van der Waals surface area contributed by atoms with Gasteiger partial charge >= 0.3 is 12.0 Å². The second kappa shape index (κ2) is 7.12. The minimum Gasteiger partial charge on any atom is -0.481 e. The van der Waals surface area contributed by atoms with Crippen LogP contribution in [0.15, 0.2) is 0 Å². The Hall–Kier alpha value is -1.79. The van der Waals surface area contributed by atoms with E-state index in [0.717, 1.165) is 0 Å². The highest BCUT2D eigenvalue weighted by molar-refractivity contribution is 5.84. The Kier molecular flexibility index (Phi) is 5.79. The van der Waals surface area contributed by atoms with Gasteiger partial charge in [-0.15, -0.1) is 0 Å². The number of hydrogen-bond donors (Lipinski definition) is 2. The van der Waals surface area contributed by atoms with Gasteiger partial charge in [0.25, 0.3) is 0 Å². The number of carboxylic acids is 1. The maximum atomic E-state index is 11.9. The van der Waals surface area contributed by atoms with Crippen LogP contribution in [0.3, 0.4) is 0 Å². The van der Waals surface area contributed by atoms with Gasteiger partial charge in [-0.3, -0.25) is 9.59 Å². The van der Waals surface area contributed by atoms with E-state index in [2.05, 4.69) is 5.32 Å². The molecule has 1 fully saturated rings. The molecule has 2 N–H and O–H groups in total. The van der Waals surface area contributed by atoms with Crippen LogP contribution >= 0.6 is 0 Å². The van der Waals surface area contributed by atoms with E-state index in [4.69, 9.17) is 5.11 Å². The average Bonchev–Trinajstić information content (AvgIpc) is 2.79. The van der Waals surface area contributed by atoms with Crippen LogP contribution in [0.2, 0.25) is 0 Å². The molecule has 7 heteroatoms. The van der Waals surface area contributed by atoms with E-state index in [-0.39, 0.29) is 30.9 Å². The number of amides is 3. The molecule has 0 bridgehead atoms. The summed E-state index contributed by atoms with van der Waals surface area (Å²) < 4.78 is 0. The molecule has 0 saturated carbocycles. The molecule has 1 rings (SSSR count). The number of carbonyl (C=O) groups excluding carboxylic acids is 2. The van der Waals surface area contributed by atoms with Gasteiger partial charge in [-0.25, -0.2) is 4.79 Å². The maximum absolute atomic E-state index is 11.9. The van der Waals surface area contributed by atoms with Gasteiger partial charge in [0, 0.05) is 26.2 Å². The molecular weight excluding hydrogens is 262 g/mol. The van der Waals surface area contributed by atoms with Crippen molar-refractivity contribution in [3.8, 4) is 0 Å². The van der Waals surface area contributed by atoms with Crippen LogP contribution in [0.4, 0.5) is 4.79 Å². The zero-order valence-electron chi connectivity index (χ0n) is 12.3. The number of nitrogens with zero attached hydrogens (tertiary/aromatic N) is 2. The highest BCUT2D eigenvalue weighted by Gasteiger charge is 2.36. The molecule has 2 atom stereocenters. The molecule has 1 aliphatic rings. The summed E-state index contributed by atoms with van der Waals surface area (Å²) in [6.45, 7) is 7.33. The second-order valence-corrected chi connectivity index (χ2v) is 5.05. The summed E-state index contributed by atoms with van der Waals surface area (Å²) in [5, 5.41) is 11.6. The van der Waals surface area contributed by atoms with Gasteiger partial charge in [-0.1, -0.05) is 6.92 Å². The van der Waals surface area contributed by atoms with Crippen LogP contribution < -0.4 is 5.32 Å². The SMILES string of the molecule is CCN(CC)C(=O)CNC(=O)N1C[C@@H](C)[C@H](C(=O)O)C1. The van der Waals surface area contributed by atoms with Crippen molar-refractivity contribution in [3.05, 3.63) is 0 Å². The van der Waals surface area contributed by atoms with Crippen molar-refractivity contribution < 1.29 is 19.5 Å². The lowest BCUT2D eigenvalue weighted by molar-refractivity contribution is -0.142. The molecule has 0 unspecified atom stereocenters. The molecule has 114 valence electrons. The van der Waals surface area contributed by atoms with Crippen LogP contribution in [0.5, 0.6) is 0 Å². The molecule has 20 heavy (non-hydrogen) atoms. The highest BCUT2D eigenvalue weighted by atomic mass is 16.4. The number of rotatable bonds is 5. The van der Waals surface area contributed by atoms with Crippen LogP contribution in [-0.2, 0) is 9.59 Å². The van der Waals surface area contributed by atoms with E-state index in [1.165, 1.54) is 4.90 Å². The third kappa shape index (κ3) is 3.85. The van der Waals surface area contributed by atoms with Crippen LogP contribution in [0, 0.1) is 11.8 Å². The zero-order valence-corrected chi connectivity index (χ0v) is 12.3. The Morgan fingerprint density at radius 1 is 1.25 bits per heavy atom. The lowest BCUT2D eigenvalue weighted by Gasteiger charge is -2.21. The Morgan fingerprint density at radius 2 is 1.85 bits per heavy atom. The molecule has 0 aromatic carbocycles. The monoisotopic (exact) mass is 285 g/mol. The smallest absolute Gasteiger partial charge is 0.317 e. The topological polar surface area (TPSA) is 90.0 Å². The first kappa shape index (κ1) is 16.3. The summed E-state index contributed by atoms with van der Waals surface area (Å²) in [7, 11) is 0. The number of aliphatic carboxylic acids is 1. The fraction of sp³-hybridized carbons (Fsp3) is 0.769. The first-order chi connectivity index (χ1) is 9.40. The molecule has 1 heterocycles. The van der Waals surface area contributed by atoms with Gasteiger partial charge in [0.15, 0.2) is 0 Å². The van der Waals surface area contributed by atoms with Gasteiger partial charge < -0.3 is 20.2 Å². The predicted octanol–water partition coefficient (Wildman–Crippen LogP) is 0.217. The zero-order chi connectivity index (χ0) is 15.3. The van der Waals surface area contributed by atoms with Crippen LogP contribution in [-0.4, -0.2) is 65.5 Å². The number of hydrogen-bond acceptors (Lipinski definition) is 3. The molecule has 1 saturated heterocycles. The Labute approximate surface area is 118 Å². The van der Waals surface area contributed by atoms with Gasteiger partial charge in [-0.2, -0.15) is 0 Å². The van der Waals surface area contributed by atoms with Gasteiger partial charge in [0.2, 0.25) is 5.91 Å². The Morgan fingerprint density at radius 3 is 2.30 bits per heavy atom. The Balaban J connectivity index is 2.45. The first-order valence-corrected chi connectivity index (χ1v) is 6.94. The summed E-state index contributed by atoms with van der Waals surface area (Å²) in [4.78, 5) is 37.8. The predicted molar refractivity (Wildman–Crippen MR) is 73.2 cm³/mol. The number of likely N-dealkylation sites (tertiary alicyclic amines) is 1. The lowest BCUT2D eigenvalue weighted by Crippen LogP contribution is -2.45. The molecule has 1 aliphatic heterocycles. The molecule has 0 spiro atoms. The van der Waals surface area contributed by atoms with Crippen molar-refractivity contribution in [1.29, 1.82) is 0 Å². The molecular formula is C13H23N3O4. The number of likely N-dealkylation sites (N-methyl/N-ethyl adjacent to an activating group) is 1. The van der Waals surface area contributed by atoms with E-state index in [9.17, 15) is 14.4 Å². The summed E-state index contributed by atoms with van der Waals surface area (Å²) >= 11 is 0. The maximum Gasteiger partial charge on any atom is 0.317 e. The van der Waals surface area contributed by atoms with Crippen molar-refractivity contribution in [2.75, 3.05) is 32.7 Å². The molecule has 0 aliphatic carbocycles. The number of nitrogens with one attached hydrogen (secondary N) is 1. The van der Waals surface area contributed by atoms with E-state index in [1.54, 1.807) is 4.90 Å². The lowest BCUT2D eigenvalue weighted by atomic mass is 9.99. The largest absolute Gasteiger partial charge is 0.481 e. The van der Waals surface area contributed by atoms with Crippen LogP contribution in [0.1, 0.15) is 20.8 Å². The standard InChI is InChI=1S/C13H23N3O4/c1-4-15(5-2)11(17)6-14-13(20)16-7-9(3)10(8-16)12(18)19/h9-10H,4-8H2,1-3H3,(H,14,20)(H,18,19)/t9-,10-/m1/s1. The quantitative estimate of drug-likeness (QED) is 0.756. The minimum absolute atomic E-state index is 0.0524. The number of urea groups is 1. The van der Waals surface area contributed by atoms with Crippen molar-refractivity contribution in [1.82, 2.24) is 15.1 Å². The fourth-order valence-electron chi connectivity index (χ4n) is 2.41. The van der Waals surface area contributed by atoms with E-state index in [1.807, 2.05) is 20.8 Å². The van der Waals surface area contributed by atoms with Crippen LogP contribution in [0.25, 0.3) is 0 Å². The van der Waals surface area contributed by atoms with Gasteiger partial charge in [0.1, 0.15) is 0 Å². The van der Waals surface area contributed by atoms with Gasteiger partial charge in [-0.05, 0) is 19.8 Å². The third-order valence-corrected chi connectivity index (χ3v) is 3.72. The van der Waals surface area contributed by atoms with Crippen molar-refractivity contribution >= 4 is 17.9 Å². The summed E-state index contributed by atoms with van der Waals surface area (Å²) in [6.07, 6.45) is 0. The van der Waals surface area contributed by atoms with E-state index >= 15 is 0 Å². The van der Waals surface area contributed by atoms with E-state index in [0.29, 0.717) is 19.6 Å². The van der Waals surface area contributed by atoms with Crippen molar-refractivity contribution in [2.24, 2.45) is 11.8 Å². The summed E-state index contributed by atoms with van der Waals surface area (Å²) in [5.41, 5.74) is 0. The number of carbonyl (C=O) groups is 3. The molecule has 0 radical (unpaired) electrons. The molecule has 0 aromatic heterocycles. The average molecular weight is 285 g/mol. The van der Waals surface area contributed by atoms with Gasteiger partial charge in [0.05, 0.1) is 12.5 Å². The molecule has 0 aromatic rings. The Bertz CT molecular complexity index is 382. The first-order valence-electron chi connectivity index (χ1n) is 6.94. The summed E-state index contributed by atoms with van der Waals surface area (Å²) in [5.74, 6) is -1.62. The minimum atomic E-state index is -0.882. The fourth-order valence-corrected chi connectivity index (χ4v) is 2.41. The van der Waals surface area contributed by atoms with Crippen molar-refractivity contribution in [3.63, 3.8) is 0 Å². The highest BCUT2D eigenvalue weighted by Crippen LogP contribution is 2.22. The molecule has 3 amide bonds. The molecule has 7 nitrogen and oxygen atoms in total. The van der Waals surface area contributed by atoms with Crippen molar-refractivity contribution in [2.45, 2.75) is 20.8 Å². The van der Waals surface area contributed by atoms with E-state index < -0.39 is 11.9 Å². The number of carboxylic acid groups (broad SMARTS) is 1. The third-order valence-electron chi connectivity index (χ3n) is 3.72.